The van der Waals surface area contributed by atoms with Gasteiger partial charge in [0.05, 0.1) is 18.3 Å². The van der Waals surface area contributed by atoms with Gasteiger partial charge < -0.3 is 14.7 Å². The van der Waals surface area contributed by atoms with E-state index in [9.17, 15) is 9.90 Å². The van der Waals surface area contributed by atoms with Gasteiger partial charge in [0.1, 0.15) is 11.4 Å². The molecule has 0 saturated heterocycles. The van der Waals surface area contributed by atoms with Crippen molar-refractivity contribution in [3.63, 3.8) is 0 Å². The van der Waals surface area contributed by atoms with E-state index in [1.165, 1.54) is 0 Å². The number of likely N-dealkylation sites (N-methyl/N-ethyl adjacent to an activating group) is 1. The summed E-state index contributed by atoms with van der Waals surface area (Å²) in [7, 11) is 3.40. The van der Waals surface area contributed by atoms with Crippen LogP contribution in [-0.2, 0) is 11.8 Å². The first kappa shape index (κ1) is 14.5. The van der Waals surface area contributed by atoms with Crippen LogP contribution < -0.4 is 4.90 Å². The van der Waals surface area contributed by atoms with Crippen LogP contribution in [0.1, 0.15) is 29.9 Å². The van der Waals surface area contributed by atoms with Gasteiger partial charge in [0.15, 0.2) is 0 Å². The summed E-state index contributed by atoms with van der Waals surface area (Å²) in [5.74, 6) is -0.314. The third kappa shape index (κ3) is 2.64. The molecule has 0 bridgehead atoms. The van der Waals surface area contributed by atoms with Gasteiger partial charge in [-0.05, 0) is 20.8 Å². The van der Waals surface area contributed by atoms with Crippen molar-refractivity contribution >= 4 is 11.8 Å². The lowest BCUT2D eigenvalue weighted by Gasteiger charge is -2.29. The molecule has 1 aromatic heterocycles. The van der Waals surface area contributed by atoms with Crippen molar-refractivity contribution in [1.82, 2.24) is 9.78 Å². The number of rotatable bonds is 6. The van der Waals surface area contributed by atoms with Gasteiger partial charge in [-0.2, -0.15) is 5.10 Å². The van der Waals surface area contributed by atoms with Crippen LogP contribution >= 0.6 is 0 Å². The molecular formula is C12H21N3O3. The summed E-state index contributed by atoms with van der Waals surface area (Å²) >= 11 is 0. The molecule has 1 rings (SSSR count). The number of anilines is 1. The minimum atomic E-state index is -0.946. The molecule has 0 radical (unpaired) electrons. The van der Waals surface area contributed by atoms with E-state index in [-0.39, 0.29) is 11.6 Å². The Morgan fingerprint density at radius 1 is 1.61 bits per heavy atom. The Kier molecular flexibility index (Phi) is 4.72. The van der Waals surface area contributed by atoms with Crippen LogP contribution in [0.5, 0.6) is 0 Å². The Labute approximate surface area is 107 Å². The molecule has 1 unspecified atom stereocenters. The van der Waals surface area contributed by atoms with Crippen LogP contribution in [-0.4, -0.2) is 47.2 Å². The van der Waals surface area contributed by atoms with Crippen LogP contribution in [0.3, 0.4) is 0 Å². The average molecular weight is 255 g/mol. The third-order valence-electron chi connectivity index (χ3n) is 2.96. The third-order valence-corrected chi connectivity index (χ3v) is 2.96. The number of aryl methyl sites for hydroxylation is 2. The number of nitrogens with zero attached hydrogens (tertiary/aromatic N) is 3. The Morgan fingerprint density at radius 2 is 2.22 bits per heavy atom. The molecule has 0 aliphatic heterocycles. The minimum absolute atomic E-state index is 0.0906. The Hall–Kier alpha value is -1.56. The molecule has 18 heavy (non-hydrogen) atoms. The lowest BCUT2D eigenvalue weighted by atomic mass is 10.2. The van der Waals surface area contributed by atoms with E-state index in [0.29, 0.717) is 24.7 Å². The second-order valence-corrected chi connectivity index (χ2v) is 4.30. The molecular weight excluding hydrogens is 234 g/mol. The van der Waals surface area contributed by atoms with Gasteiger partial charge in [0.2, 0.25) is 0 Å². The number of ether oxygens (including phenoxy) is 1. The molecule has 1 heterocycles. The normalized spacial score (nSPS) is 12.5. The molecule has 0 amide bonds. The van der Waals surface area contributed by atoms with E-state index < -0.39 is 5.97 Å². The van der Waals surface area contributed by atoms with Crippen LogP contribution in [0.25, 0.3) is 0 Å². The van der Waals surface area contributed by atoms with E-state index in [1.54, 1.807) is 25.8 Å². The molecule has 0 aliphatic carbocycles. The maximum atomic E-state index is 11.3. The fourth-order valence-corrected chi connectivity index (χ4v) is 2.23. The van der Waals surface area contributed by atoms with Crippen LogP contribution in [0.4, 0.5) is 5.82 Å². The average Bonchev–Trinajstić information content (AvgIpc) is 2.56. The van der Waals surface area contributed by atoms with Crippen molar-refractivity contribution < 1.29 is 14.6 Å². The molecule has 0 aliphatic rings. The highest BCUT2D eigenvalue weighted by atomic mass is 16.5. The van der Waals surface area contributed by atoms with E-state index in [2.05, 4.69) is 5.10 Å². The predicted molar refractivity (Wildman–Crippen MR) is 69.3 cm³/mol. The number of aromatic carboxylic acids is 1. The first-order valence-electron chi connectivity index (χ1n) is 5.96. The zero-order valence-corrected chi connectivity index (χ0v) is 11.6. The predicted octanol–water partition coefficient (Wildman–Crippen LogP) is 1.29. The largest absolute Gasteiger partial charge is 0.477 e. The molecule has 0 spiro atoms. The molecule has 0 aromatic carbocycles. The molecule has 1 N–H and O–H groups in total. The monoisotopic (exact) mass is 255 g/mol. The number of aromatic nitrogens is 2. The fourth-order valence-electron chi connectivity index (χ4n) is 2.23. The summed E-state index contributed by atoms with van der Waals surface area (Å²) in [6.45, 7) is 6.93. The molecule has 1 aromatic rings. The summed E-state index contributed by atoms with van der Waals surface area (Å²) in [4.78, 5) is 13.3. The second-order valence-electron chi connectivity index (χ2n) is 4.30. The van der Waals surface area contributed by atoms with E-state index in [0.717, 1.165) is 0 Å². The summed E-state index contributed by atoms with van der Waals surface area (Å²) < 4.78 is 6.76. The van der Waals surface area contributed by atoms with Gasteiger partial charge in [0, 0.05) is 20.7 Å². The van der Waals surface area contributed by atoms with E-state index >= 15 is 0 Å². The first-order chi connectivity index (χ1) is 8.43. The summed E-state index contributed by atoms with van der Waals surface area (Å²) in [6, 6.07) is 0.0906. The zero-order chi connectivity index (χ0) is 13.9. The molecule has 6 nitrogen and oxygen atoms in total. The maximum absolute atomic E-state index is 11.3. The zero-order valence-electron chi connectivity index (χ0n) is 11.6. The summed E-state index contributed by atoms with van der Waals surface area (Å²) in [5, 5.41) is 13.5. The molecule has 1 atom stereocenters. The second kappa shape index (κ2) is 5.86. The number of carbonyl (C=O) groups is 1. The van der Waals surface area contributed by atoms with Crippen molar-refractivity contribution in [3.8, 4) is 0 Å². The van der Waals surface area contributed by atoms with Crippen LogP contribution in [0, 0.1) is 6.92 Å². The van der Waals surface area contributed by atoms with Crippen molar-refractivity contribution in [3.05, 3.63) is 11.3 Å². The smallest absolute Gasteiger partial charge is 0.341 e. The van der Waals surface area contributed by atoms with Gasteiger partial charge in [0.25, 0.3) is 0 Å². The highest BCUT2D eigenvalue weighted by molar-refractivity contribution is 5.94. The van der Waals surface area contributed by atoms with Crippen molar-refractivity contribution in [1.29, 1.82) is 0 Å². The van der Waals surface area contributed by atoms with Crippen LogP contribution in [0.2, 0.25) is 0 Å². The Bertz CT molecular complexity index is 428. The quantitative estimate of drug-likeness (QED) is 0.829. The summed E-state index contributed by atoms with van der Waals surface area (Å²) in [5.41, 5.74) is 0.797. The van der Waals surface area contributed by atoms with Crippen molar-refractivity contribution in [2.75, 3.05) is 25.2 Å². The number of hydrogen-bond acceptors (Lipinski definition) is 4. The minimum Gasteiger partial charge on any atom is -0.477 e. The highest BCUT2D eigenvalue weighted by Crippen LogP contribution is 2.24. The Morgan fingerprint density at radius 3 is 2.67 bits per heavy atom. The lowest BCUT2D eigenvalue weighted by molar-refractivity contribution is 0.0696. The lowest BCUT2D eigenvalue weighted by Crippen LogP contribution is -2.38. The van der Waals surface area contributed by atoms with E-state index in [1.807, 2.05) is 18.7 Å². The van der Waals surface area contributed by atoms with Gasteiger partial charge in [-0.25, -0.2) is 4.79 Å². The topological polar surface area (TPSA) is 67.6 Å². The Balaban J connectivity index is 3.24. The van der Waals surface area contributed by atoms with Gasteiger partial charge in [-0.15, -0.1) is 0 Å². The highest BCUT2D eigenvalue weighted by Gasteiger charge is 2.26. The number of carboxylic acid groups (broad SMARTS) is 1. The number of carboxylic acids is 1. The van der Waals surface area contributed by atoms with Crippen molar-refractivity contribution in [2.24, 2.45) is 7.05 Å². The molecule has 6 heteroatoms. The first-order valence-corrected chi connectivity index (χ1v) is 5.96. The van der Waals surface area contributed by atoms with E-state index in [4.69, 9.17) is 4.74 Å². The van der Waals surface area contributed by atoms with Crippen LogP contribution in [0.15, 0.2) is 0 Å². The fraction of sp³-hybridized carbons (Fsp3) is 0.667. The standard InChI is InChI=1S/C12H21N3O3/c1-6-15(8(2)7-18-5)11-10(12(16)17)9(3)13-14(11)4/h8H,6-7H2,1-5H3,(H,16,17). The van der Waals surface area contributed by atoms with Gasteiger partial charge in [-0.1, -0.05) is 0 Å². The summed E-state index contributed by atoms with van der Waals surface area (Å²) in [6.07, 6.45) is 0. The number of hydrogen-bond donors (Lipinski definition) is 1. The SMILES string of the molecule is CCN(c1c(C(=O)O)c(C)nn1C)C(C)COC. The number of methoxy groups -OCH3 is 1. The van der Waals surface area contributed by atoms with Gasteiger partial charge in [-0.3, -0.25) is 4.68 Å². The molecule has 102 valence electrons. The van der Waals surface area contributed by atoms with Crippen molar-refractivity contribution in [2.45, 2.75) is 26.8 Å². The molecule has 0 fully saturated rings. The maximum Gasteiger partial charge on any atom is 0.341 e. The molecule has 0 saturated carbocycles. The van der Waals surface area contributed by atoms with Gasteiger partial charge >= 0.3 is 5.97 Å².